The van der Waals surface area contributed by atoms with Gasteiger partial charge in [0.25, 0.3) is 0 Å². The summed E-state index contributed by atoms with van der Waals surface area (Å²) < 4.78 is 0. The molecule has 0 saturated heterocycles. The number of unbranched alkanes of at least 4 members (excludes halogenated alkanes) is 14. The molecule has 0 aromatic carbocycles. The maximum Gasteiger partial charge on any atom is 0.303 e. The maximum atomic E-state index is 10.8. The van der Waals surface area contributed by atoms with E-state index in [-0.39, 0.29) is 0 Å². The normalized spacial score (nSPS) is 12.6. The summed E-state index contributed by atoms with van der Waals surface area (Å²) in [6, 6.07) is 0. The van der Waals surface area contributed by atoms with Gasteiger partial charge in [-0.3, -0.25) is 4.79 Å². The number of allylic oxidation sites excluding steroid dienone is 2. The highest BCUT2D eigenvalue weighted by molar-refractivity contribution is 5.66. The molecule has 0 aromatic rings. The highest BCUT2D eigenvalue weighted by Crippen LogP contribution is 2.23. The fourth-order valence-corrected chi connectivity index (χ4v) is 4.34. The first-order chi connectivity index (χ1) is 14.7. The third-order valence-electron chi connectivity index (χ3n) is 6.34. The minimum Gasteiger partial charge on any atom is -0.481 e. The van der Waals surface area contributed by atoms with Gasteiger partial charge in [-0.25, -0.2) is 0 Å². The molecule has 0 rings (SSSR count). The lowest BCUT2D eigenvalue weighted by Crippen LogP contribution is -2.03. The Labute approximate surface area is 189 Å². The standard InChI is InChI=1S/C28H54O2/c1-3-5-7-9-11-13-14-15-17-19-21-24-27(25-22-26-28(29)30)23-20-18-16-12-10-8-6-4-2/h15,17,27H,3-14,16,18-26H2,1-2H3,(H,29,30)/b17-15-. The number of carboxylic acids is 1. The lowest BCUT2D eigenvalue weighted by Gasteiger charge is -2.16. The molecule has 0 radical (unpaired) electrons. The van der Waals surface area contributed by atoms with E-state index in [0.29, 0.717) is 6.42 Å². The second-order valence-corrected chi connectivity index (χ2v) is 9.37. The van der Waals surface area contributed by atoms with Gasteiger partial charge < -0.3 is 5.11 Å². The van der Waals surface area contributed by atoms with Crippen LogP contribution in [0.3, 0.4) is 0 Å². The van der Waals surface area contributed by atoms with E-state index in [9.17, 15) is 4.79 Å². The molecule has 0 aliphatic carbocycles. The summed E-state index contributed by atoms with van der Waals surface area (Å²) >= 11 is 0. The third-order valence-corrected chi connectivity index (χ3v) is 6.34. The van der Waals surface area contributed by atoms with Crippen LogP contribution in [0.5, 0.6) is 0 Å². The predicted molar refractivity (Wildman–Crippen MR) is 133 cm³/mol. The van der Waals surface area contributed by atoms with Gasteiger partial charge in [0.15, 0.2) is 0 Å². The summed E-state index contributed by atoms with van der Waals surface area (Å²) in [6.45, 7) is 4.55. The quantitative estimate of drug-likeness (QED) is 0.124. The van der Waals surface area contributed by atoms with E-state index in [0.717, 1.165) is 18.8 Å². The summed E-state index contributed by atoms with van der Waals surface area (Å²) in [6.07, 6.45) is 32.6. The van der Waals surface area contributed by atoms with E-state index in [4.69, 9.17) is 5.11 Å². The van der Waals surface area contributed by atoms with Crippen molar-refractivity contribution >= 4 is 5.97 Å². The molecule has 0 aromatic heterocycles. The van der Waals surface area contributed by atoms with Crippen molar-refractivity contribution in [2.24, 2.45) is 5.92 Å². The van der Waals surface area contributed by atoms with Gasteiger partial charge in [-0.2, -0.15) is 0 Å². The summed E-state index contributed by atoms with van der Waals surface area (Å²) in [5, 5.41) is 8.93. The van der Waals surface area contributed by atoms with Crippen LogP contribution in [0.25, 0.3) is 0 Å². The Hall–Kier alpha value is -0.790. The van der Waals surface area contributed by atoms with Gasteiger partial charge in [-0.15, -0.1) is 0 Å². The van der Waals surface area contributed by atoms with E-state index in [1.165, 1.54) is 122 Å². The zero-order chi connectivity index (χ0) is 22.1. The van der Waals surface area contributed by atoms with Gasteiger partial charge in [0.2, 0.25) is 0 Å². The molecule has 178 valence electrons. The van der Waals surface area contributed by atoms with Gasteiger partial charge in [0.05, 0.1) is 0 Å². The van der Waals surface area contributed by atoms with Crippen LogP contribution in [-0.4, -0.2) is 11.1 Å². The molecule has 0 bridgehead atoms. The second kappa shape index (κ2) is 24.5. The average Bonchev–Trinajstić information content (AvgIpc) is 2.73. The summed E-state index contributed by atoms with van der Waals surface area (Å²) in [7, 11) is 0. The zero-order valence-electron chi connectivity index (χ0n) is 20.6. The van der Waals surface area contributed by atoms with Gasteiger partial charge in [0.1, 0.15) is 0 Å². The van der Waals surface area contributed by atoms with E-state index in [1.807, 2.05) is 0 Å². The fourth-order valence-electron chi connectivity index (χ4n) is 4.34. The van der Waals surface area contributed by atoms with Crippen LogP contribution in [0.2, 0.25) is 0 Å². The van der Waals surface area contributed by atoms with Crippen LogP contribution < -0.4 is 0 Å². The molecule has 1 atom stereocenters. The predicted octanol–water partition coefficient (Wildman–Crippen LogP) is 9.87. The Morgan fingerprint density at radius 2 is 1.03 bits per heavy atom. The van der Waals surface area contributed by atoms with Crippen LogP contribution in [0.15, 0.2) is 12.2 Å². The molecule has 0 aliphatic heterocycles. The number of carbonyl (C=O) groups is 1. The molecule has 0 heterocycles. The van der Waals surface area contributed by atoms with Crippen LogP contribution in [0.4, 0.5) is 0 Å². The molecular formula is C28H54O2. The molecule has 0 aliphatic rings. The number of carboxylic acid groups (broad SMARTS) is 1. The van der Waals surface area contributed by atoms with Crippen LogP contribution in [-0.2, 0) is 4.79 Å². The SMILES string of the molecule is CCCCCCCC/C=C\CCCC(CCCCCCCCCC)CCCC(=O)O. The van der Waals surface area contributed by atoms with E-state index >= 15 is 0 Å². The van der Waals surface area contributed by atoms with Crippen LogP contribution in [0, 0.1) is 5.92 Å². The maximum absolute atomic E-state index is 10.8. The molecule has 30 heavy (non-hydrogen) atoms. The molecule has 0 spiro atoms. The van der Waals surface area contributed by atoms with Crippen LogP contribution in [0.1, 0.15) is 155 Å². The summed E-state index contributed by atoms with van der Waals surface area (Å²) in [5.74, 6) is 0.0925. The molecular weight excluding hydrogens is 368 g/mol. The summed E-state index contributed by atoms with van der Waals surface area (Å²) in [5.41, 5.74) is 0. The van der Waals surface area contributed by atoms with Crippen molar-refractivity contribution in [3.8, 4) is 0 Å². The van der Waals surface area contributed by atoms with E-state index in [1.54, 1.807) is 0 Å². The molecule has 2 nitrogen and oxygen atoms in total. The first-order valence-electron chi connectivity index (χ1n) is 13.6. The fraction of sp³-hybridized carbons (Fsp3) is 0.893. The van der Waals surface area contributed by atoms with Gasteiger partial charge in [-0.05, 0) is 44.4 Å². The Balaban J connectivity index is 3.81. The lowest BCUT2D eigenvalue weighted by molar-refractivity contribution is -0.137. The number of hydrogen-bond donors (Lipinski definition) is 1. The number of hydrogen-bond acceptors (Lipinski definition) is 1. The van der Waals surface area contributed by atoms with E-state index in [2.05, 4.69) is 26.0 Å². The first kappa shape index (κ1) is 29.2. The van der Waals surface area contributed by atoms with Crippen molar-refractivity contribution in [2.45, 2.75) is 155 Å². The largest absolute Gasteiger partial charge is 0.481 e. The lowest BCUT2D eigenvalue weighted by atomic mass is 9.90. The molecule has 0 saturated carbocycles. The summed E-state index contributed by atoms with van der Waals surface area (Å²) in [4.78, 5) is 10.8. The molecule has 1 N–H and O–H groups in total. The number of rotatable bonds is 24. The van der Waals surface area contributed by atoms with Crippen molar-refractivity contribution in [3.05, 3.63) is 12.2 Å². The highest BCUT2D eigenvalue weighted by Gasteiger charge is 2.09. The highest BCUT2D eigenvalue weighted by atomic mass is 16.4. The van der Waals surface area contributed by atoms with E-state index < -0.39 is 5.97 Å². The minimum absolute atomic E-state index is 0.339. The van der Waals surface area contributed by atoms with Gasteiger partial charge in [0, 0.05) is 6.42 Å². The molecule has 0 amide bonds. The van der Waals surface area contributed by atoms with Gasteiger partial charge in [-0.1, -0.05) is 122 Å². The van der Waals surface area contributed by atoms with Crippen molar-refractivity contribution in [1.82, 2.24) is 0 Å². The minimum atomic E-state index is -0.640. The van der Waals surface area contributed by atoms with Crippen molar-refractivity contribution < 1.29 is 9.90 Å². The monoisotopic (exact) mass is 422 g/mol. The zero-order valence-corrected chi connectivity index (χ0v) is 20.6. The Kier molecular flexibility index (Phi) is 23.8. The van der Waals surface area contributed by atoms with Crippen molar-refractivity contribution in [3.63, 3.8) is 0 Å². The first-order valence-corrected chi connectivity index (χ1v) is 13.6. The molecule has 1 unspecified atom stereocenters. The molecule has 0 fully saturated rings. The van der Waals surface area contributed by atoms with Gasteiger partial charge >= 0.3 is 5.97 Å². The number of aliphatic carboxylic acids is 1. The topological polar surface area (TPSA) is 37.3 Å². The van der Waals surface area contributed by atoms with Crippen LogP contribution >= 0.6 is 0 Å². The smallest absolute Gasteiger partial charge is 0.303 e. The van der Waals surface area contributed by atoms with Crippen molar-refractivity contribution in [1.29, 1.82) is 0 Å². The third kappa shape index (κ3) is 23.5. The Morgan fingerprint density at radius 1 is 0.600 bits per heavy atom. The van der Waals surface area contributed by atoms with Crippen molar-refractivity contribution in [2.75, 3.05) is 0 Å². The Morgan fingerprint density at radius 3 is 1.60 bits per heavy atom. The second-order valence-electron chi connectivity index (χ2n) is 9.37. The molecule has 2 heteroatoms. The Bertz CT molecular complexity index is 375. The average molecular weight is 423 g/mol.